The second-order valence-electron chi connectivity index (χ2n) is 8.98. The zero-order valence-corrected chi connectivity index (χ0v) is 19.5. The van der Waals surface area contributed by atoms with Gasteiger partial charge in [-0.05, 0) is 31.7 Å². The van der Waals surface area contributed by atoms with Gasteiger partial charge in [-0.25, -0.2) is 4.98 Å². The number of rotatable bonds is 5. The molecule has 0 bridgehead atoms. The van der Waals surface area contributed by atoms with Gasteiger partial charge >= 0.3 is 0 Å². The Morgan fingerprint density at radius 2 is 1.87 bits per heavy atom. The van der Waals surface area contributed by atoms with Crippen molar-refractivity contribution >= 4 is 28.3 Å². The number of hydrogen-bond donors (Lipinski definition) is 1. The number of aromatic nitrogens is 1. The first kappa shape index (κ1) is 21.8. The highest BCUT2D eigenvalue weighted by Gasteiger charge is 2.30. The van der Waals surface area contributed by atoms with Crippen LogP contribution in [0, 0.1) is 18.8 Å². The summed E-state index contributed by atoms with van der Waals surface area (Å²) in [7, 11) is 0. The fourth-order valence-electron chi connectivity index (χ4n) is 4.24. The van der Waals surface area contributed by atoms with E-state index in [0.717, 1.165) is 61.8 Å². The molecular formula is C24H32N4O2S. The molecule has 6 nitrogen and oxygen atoms in total. The molecule has 2 heterocycles. The topological polar surface area (TPSA) is 65.5 Å². The number of hydrogen-bond acceptors (Lipinski definition) is 5. The first-order valence-corrected chi connectivity index (χ1v) is 12.1. The Balaban J connectivity index is 1.32. The zero-order valence-electron chi connectivity index (χ0n) is 18.7. The van der Waals surface area contributed by atoms with Crippen LogP contribution in [0.2, 0.25) is 0 Å². The molecule has 2 amide bonds. The summed E-state index contributed by atoms with van der Waals surface area (Å²) in [5, 5.41) is 4.15. The molecule has 1 saturated heterocycles. The number of carbonyl (C=O) groups is 2. The van der Waals surface area contributed by atoms with Crippen molar-refractivity contribution in [2.45, 2.75) is 46.6 Å². The summed E-state index contributed by atoms with van der Waals surface area (Å²) in [6.45, 7) is 9.72. The molecule has 0 saturated carbocycles. The van der Waals surface area contributed by atoms with Gasteiger partial charge in [-0.1, -0.05) is 43.7 Å². The SMILES string of the molecule is Cc1ccc(CNC(=O)C2CCc3nc(N4CCN(C(=O)C(C)C)CC4)sc3C2)cc1. The fourth-order valence-corrected chi connectivity index (χ4v) is 5.48. The van der Waals surface area contributed by atoms with Gasteiger partial charge in [-0.3, -0.25) is 9.59 Å². The Kier molecular flexibility index (Phi) is 6.60. The standard InChI is InChI=1S/C24H32N4O2S/c1-16(2)23(30)27-10-12-28(13-11-27)24-26-20-9-8-19(14-21(20)31-24)22(29)25-15-18-6-4-17(3)5-7-18/h4-7,16,19H,8-15H2,1-3H3,(H,25,29). The average Bonchev–Trinajstić information content (AvgIpc) is 3.21. The lowest BCUT2D eigenvalue weighted by Gasteiger charge is -2.35. The van der Waals surface area contributed by atoms with Gasteiger partial charge < -0.3 is 15.1 Å². The molecule has 2 aliphatic rings. The van der Waals surface area contributed by atoms with Gasteiger partial charge in [-0.15, -0.1) is 11.3 Å². The summed E-state index contributed by atoms with van der Waals surface area (Å²) in [5.41, 5.74) is 3.51. The summed E-state index contributed by atoms with van der Waals surface area (Å²) in [5.74, 6) is 0.444. The zero-order chi connectivity index (χ0) is 22.0. The molecule has 4 rings (SSSR count). The second kappa shape index (κ2) is 9.39. The van der Waals surface area contributed by atoms with Crippen LogP contribution in [-0.4, -0.2) is 47.9 Å². The number of amides is 2. The highest BCUT2D eigenvalue weighted by molar-refractivity contribution is 7.15. The molecule has 1 aromatic heterocycles. The average molecular weight is 441 g/mol. The van der Waals surface area contributed by atoms with Crippen molar-refractivity contribution in [2.24, 2.45) is 11.8 Å². The minimum absolute atomic E-state index is 0.0201. The van der Waals surface area contributed by atoms with Gasteiger partial charge in [0.15, 0.2) is 5.13 Å². The van der Waals surface area contributed by atoms with Crippen LogP contribution < -0.4 is 10.2 Å². The lowest BCUT2D eigenvalue weighted by atomic mass is 9.90. The Morgan fingerprint density at radius 3 is 2.55 bits per heavy atom. The van der Waals surface area contributed by atoms with E-state index in [2.05, 4.69) is 41.4 Å². The van der Waals surface area contributed by atoms with Gasteiger partial charge in [0.1, 0.15) is 0 Å². The van der Waals surface area contributed by atoms with Crippen LogP contribution in [0.1, 0.15) is 42.0 Å². The summed E-state index contributed by atoms with van der Waals surface area (Å²) >= 11 is 1.73. The van der Waals surface area contributed by atoms with E-state index in [9.17, 15) is 9.59 Å². The van der Waals surface area contributed by atoms with Gasteiger partial charge in [0.25, 0.3) is 0 Å². The Bertz CT molecular complexity index is 930. The van der Waals surface area contributed by atoms with Crippen LogP contribution in [0.15, 0.2) is 24.3 Å². The molecule has 1 fully saturated rings. The van der Waals surface area contributed by atoms with Gasteiger partial charge in [0.2, 0.25) is 11.8 Å². The van der Waals surface area contributed by atoms with Crippen LogP contribution in [0.5, 0.6) is 0 Å². The van der Waals surface area contributed by atoms with Crippen LogP contribution in [0.25, 0.3) is 0 Å². The quantitative estimate of drug-likeness (QED) is 0.776. The van der Waals surface area contributed by atoms with Crippen molar-refractivity contribution in [3.63, 3.8) is 0 Å². The lowest BCUT2D eigenvalue weighted by molar-refractivity contribution is -0.134. The van der Waals surface area contributed by atoms with Gasteiger partial charge in [-0.2, -0.15) is 0 Å². The molecule has 1 aliphatic carbocycles. The van der Waals surface area contributed by atoms with E-state index in [-0.39, 0.29) is 23.7 Å². The molecular weight excluding hydrogens is 408 g/mol. The highest BCUT2D eigenvalue weighted by atomic mass is 32.1. The predicted molar refractivity (Wildman–Crippen MR) is 124 cm³/mol. The lowest BCUT2D eigenvalue weighted by Crippen LogP contribution is -2.49. The number of carbonyl (C=O) groups excluding carboxylic acids is 2. The van der Waals surface area contributed by atoms with Crippen LogP contribution >= 0.6 is 11.3 Å². The van der Waals surface area contributed by atoms with Crippen molar-refractivity contribution in [3.05, 3.63) is 46.0 Å². The molecule has 31 heavy (non-hydrogen) atoms. The number of fused-ring (bicyclic) bond motifs is 1. The molecule has 1 unspecified atom stereocenters. The first-order chi connectivity index (χ1) is 14.9. The van der Waals surface area contributed by atoms with E-state index in [4.69, 9.17) is 4.98 Å². The largest absolute Gasteiger partial charge is 0.352 e. The third-order valence-electron chi connectivity index (χ3n) is 6.24. The molecule has 1 N–H and O–H groups in total. The maximum Gasteiger partial charge on any atom is 0.225 e. The second-order valence-corrected chi connectivity index (χ2v) is 10.0. The Labute approximate surface area is 188 Å². The van der Waals surface area contributed by atoms with Crippen LogP contribution in [0.3, 0.4) is 0 Å². The van der Waals surface area contributed by atoms with E-state index in [0.29, 0.717) is 6.54 Å². The monoisotopic (exact) mass is 440 g/mol. The summed E-state index contributed by atoms with van der Waals surface area (Å²) in [4.78, 5) is 35.3. The Morgan fingerprint density at radius 1 is 1.16 bits per heavy atom. The van der Waals surface area contributed by atoms with Crippen LogP contribution in [-0.2, 0) is 29.0 Å². The van der Waals surface area contributed by atoms with Crippen molar-refractivity contribution < 1.29 is 9.59 Å². The number of nitrogens with zero attached hydrogens (tertiary/aromatic N) is 3. The molecule has 0 radical (unpaired) electrons. The molecule has 1 atom stereocenters. The van der Waals surface area contributed by atoms with E-state index in [1.165, 1.54) is 10.4 Å². The number of nitrogens with one attached hydrogen (secondary N) is 1. The highest BCUT2D eigenvalue weighted by Crippen LogP contribution is 2.34. The number of benzene rings is 1. The first-order valence-electron chi connectivity index (χ1n) is 11.3. The van der Waals surface area contributed by atoms with E-state index in [1.807, 2.05) is 18.7 Å². The van der Waals surface area contributed by atoms with Gasteiger partial charge in [0.05, 0.1) is 5.69 Å². The van der Waals surface area contributed by atoms with Crippen molar-refractivity contribution in [2.75, 3.05) is 31.1 Å². The summed E-state index contributed by atoms with van der Waals surface area (Å²) in [6, 6.07) is 8.29. The van der Waals surface area contributed by atoms with Crippen molar-refractivity contribution in [1.82, 2.24) is 15.2 Å². The molecule has 1 aromatic carbocycles. The van der Waals surface area contributed by atoms with E-state index in [1.54, 1.807) is 11.3 Å². The number of thiazole rings is 1. The molecule has 2 aromatic rings. The molecule has 0 spiro atoms. The third kappa shape index (κ3) is 5.09. The molecule has 1 aliphatic heterocycles. The number of piperazine rings is 1. The van der Waals surface area contributed by atoms with E-state index >= 15 is 0 Å². The summed E-state index contributed by atoms with van der Waals surface area (Å²) < 4.78 is 0. The molecule has 166 valence electrons. The number of aryl methyl sites for hydroxylation is 2. The maximum absolute atomic E-state index is 12.7. The maximum atomic E-state index is 12.7. The van der Waals surface area contributed by atoms with Crippen LogP contribution in [0.4, 0.5) is 5.13 Å². The number of anilines is 1. The fraction of sp³-hybridized carbons (Fsp3) is 0.542. The smallest absolute Gasteiger partial charge is 0.225 e. The Hall–Kier alpha value is -2.41. The third-order valence-corrected chi connectivity index (χ3v) is 7.42. The predicted octanol–water partition coefficient (Wildman–Crippen LogP) is 3.18. The van der Waals surface area contributed by atoms with Crippen molar-refractivity contribution in [3.8, 4) is 0 Å². The minimum atomic E-state index is 0.0201. The van der Waals surface area contributed by atoms with Gasteiger partial charge in [0, 0.05) is 49.4 Å². The minimum Gasteiger partial charge on any atom is -0.352 e. The van der Waals surface area contributed by atoms with E-state index < -0.39 is 0 Å². The van der Waals surface area contributed by atoms with Crippen molar-refractivity contribution in [1.29, 1.82) is 0 Å². The normalized spacial score (nSPS) is 18.8. The molecule has 7 heteroatoms. The summed E-state index contributed by atoms with van der Waals surface area (Å²) in [6.07, 6.45) is 2.49.